The number of anilines is 1. The molecule has 0 fully saturated rings. The van der Waals surface area contributed by atoms with Gasteiger partial charge in [-0.25, -0.2) is 5.43 Å². The molecule has 3 aromatic carbocycles. The zero-order valence-electron chi connectivity index (χ0n) is 17.4. The number of hydrogen-bond donors (Lipinski definition) is 2. The van der Waals surface area contributed by atoms with Crippen molar-refractivity contribution in [1.29, 1.82) is 0 Å². The predicted octanol–water partition coefficient (Wildman–Crippen LogP) is 4.78. The molecule has 3 rings (SSSR count). The summed E-state index contributed by atoms with van der Waals surface area (Å²) in [5.41, 5.74) is 4.71. The van der Waals surface area contributed by atoms with Crippen LogP contribution in [-0.2, 0) is 4.79 Å². The highest BCUT2D eigenvalue weighted by Gasteiger charge is 2.15. The average molecular weight is 449 g/mol. The number of hydrogen-bond acceptors (Lipinski definition) is 6. The Labute approximate surface area is 188 Å². The molecule has 0 heterocycles. The molecular weight excluding hydrogens is 428 g/mol. The maximum Gasteiger partial charge on any atom is 0.283 e. The Morgan fingerprint density at radius 1 is 1.06 bits per heavy atom. The summed E-state index contributed by atoms with van der Waals surface area (Å²) in [5, 5.41) is 18.0. The van der Waals surface area contributed by atoms with E-state index in [4.69, 9.17) is 0 Å². The number of nitro groups is 1. The lowest BCUT2D eigenvalue weighted by molar-refractivity contribution is -0.387. The van der Waals surface area contributed by atoms with Crippen LogP contribution in [-0.4, -0.2) is 23.0 Å². The molecule has 0 aliphatic carbocycles. The minimum Gasteiger partial charge on any atom is -0.326 e. The van der Waals surface area contributed by atoms with E-state index in [9.17, 15) is 19.7 Å². The molecule has 162 valence electrons. The van der Waals surface area contributed by atoms with Crippen molar-refractivity contribution in [2.24, 2.45) is 5.10 Å². The maximum absolute atomic E-state index is 12.3. The van der Waals surface area contributed by atoms with Gasteiger partial charge in [0, 0.05) is 34.7 Å². The van der Waals surface area contributed by atoms with Crippen LogP contribution in [0, 0.1) is 17.0 Å². The second-order valence-electron chi connectivity index (χ2n) is 6.86. The van der Waals surface area contributed by atoms with Crippen LogP contribution in [0.1, 0.15) is 28.4 Å². The first-order valence-electron chi connectivity index (χ1n) is 9.56. The van der Waals surface area contributed by atoms with Gasteiger partial charge in [0.25, 0.3) is 11.6 Å². The first-order valence-corrected chi connectivity index (χ1v) is 10.4. The molecule has 8 nitrogen and oxygen atoms in total. The number of aryl methyl sites for hydroxylation is 1. The molecule has 0 aromatic heterocycles. The number of rotatable bonds is 7. The van der Waals surface area contributed by atoms with Gasteiger partial charge in [-0.2, -0.15) is 5.10 Å². The molecule has 0 atom stereocenters. The first kappa shape index (κ1) is 22.7. The second kappa shape index (κ2) is 10.4. The normalized spacial score (nSPS) is 10.7. The summed E-state index contributed by atoms with van der Waals surface area (Å²) in [6, 6.07) is 18.9. The first-order chi connectivity index (χ1) is 15.3. The van der Waals surface area contributed by atoms with E-state index in [1.165, 1.54) is 37.0 Å². The number of carbonyl (C=O) groups excluding carboxylic acids is 2. The SMILES string of the molecule is CC(=O)Nc1cccc(C(=O)NN=Cc2ccc(Sc3ccc(C)cc3)c([N+](=O)[O-])c2)c1. The van der Waals surface area contributed by atoms with E-state index in [2.05, 4.69) is 15.8 Å². The van der Waals surface area contributed by atoms with Crippen LogP contribution in [0.2, 0.25) is 0 Å². The summed E-state index contributed by atoms with van der Waals surface area (Å²) in [7, 11) is 0. The molecule has 0 aliphatic rings. The van der Waals surface area contributed by atoms with Crippen molar-refractivity contribution in [1.82, 2.24) is 5.43 Å². The lowest BCUT2D eigenvalue weighted by atomic mass is 10.2. The summed E-state index contributed by atoms with van der Waals surface area (Å²) < 4.78 is 0. The van der Waals surface area contributed by atoms with Gasteiger partial charge < -0.3 is 5.32 Å². The number of benzene rings is 3. The van der Waals surface area contributed by atoms with Crippen LogP contribution in [0.25, 0.3) is 0 Å². The molecule has 0 aliphatic heterocycles. The van der Waals surface area contributed by atoms with Gasteiger partial charge >= 0.3 is 0 Å². The van der Waals surface area contributed by atoms with Crippen molar-refractivity contribution in [3.8, 4) is 0 Å². The van der Waals surface area contributed by atoms with E-state index in [0.717, 1.165) is 10.5 Å². The molecule has 9 heteroatoms. The second-order valence-corrected chi connectivity index (χ2v) is 7.98. The van der Waals surface area contributed by atoms with E-state index in [0.29, 0.717) is 21.7 Å². The van der Waals surface area contributed by atoms with Crippen molar-refractivity contribution in [2.45, 2.75) is 23.6 Å². The van der Waals surface area contributed by atoms with Gasteiger partial charge in [0.1, 0.15) is 0 Å². The number of nitrogens with zero attached hydrogens (tertiary/aromatic N) is 2. The lowest BCUT2D eigenvalue weighted by Gasteiger charge is -2.05. The van der Waals surface area contributed by atoms with Crippen LogP contribution in [0.4, 0.5) is 11.4 Å². The molecule has 32 heavy (non-hydrogen) atoms. The van der Waals surface area contributed by atoms with Gasteiger partial charge in [-0.15, -0.1) is 0 Å². The molecule has 0 spiro atoms. The van der Waals surface area contributed by atoms with E-state index in [-0.39, 0.29) is 11.6 Å². The summed E-state index contributed by atoms with van der Waals surface area (Å²) in [5.74, 6) is -0.722. The molecule has 0 unspecified atom stereocenters. The summed E-state index contributed by atoms with van der Waals surface area (Å²) in [6.45, 7) is 3.35. The molecule has 3 aromatic rings. The fourth-order valence-corrected chi connectivity index (χ4v) is 3.65. The summed E-state index contributed by atoms with van der Waals surface area (Å²) in [4.78, 5) is 35.9. The minimum absolute atomic E-state index is 0.0474. The van der Waals surface area contributed by atoms with Crippen molar-refractivity contribution >= 4 is 41.2 Å². The number of hydrazone groups is 1. The molecule has 0 radical (unpaired) electrons. The van der Waals surface area contributed by atoms with Gasteiger partial charge in [-0.05, 0) is 43.3 Å². The third-order valence-corrected chi connectivity index (χ3v) is 5.33. The largest absolute Gasteiger partial charge is 0.326 e. The smallest absolute Gasteiger partial charge is 0.283 e. The zero-order valence-corrected chi connectivity index (χ0v) is 18.2. The third kappa shape index (κ3) is 6.26. The van der Waals surface area contributed by atoms with Crippen molar-refractivity contribution in [3.63, 3.8) is 0 Å². The molecule has 0 bridgehead atoms. The Morgan fingerprint density at radius 3 is 2.50 bits per heavy atom. The zero-order chi connectivity index (χ0) is 23.1. The van der Waals surface area contributed by atoms with Crippen molar-refractivity contribution in [3.05, 3.63) is 93.5 Å². The number of nitro benzene ring substituents is 1. The quantitative estimate of drug-likeness (QED) is 0.307. The monoisotopic (exact) mass is 448 g/mol. The highest BCUT2D eigenvalue weighted by atomic mass is 32.2. The van der Waals surface area contributed by atoms with Gasteiger partial charge in [0.05, 0.1) is 16.0 Å². The van der Waals surface area contributed by atoms with Gasteiger partial charge in [0.2, 0.25) is 5.91 Å². The van der Waals surface area contributed by atoms with Crippen molar-refractivity contribution < 1.29 is 14.5 Å². The Bertz CT molecular complexity index is 1190. The van der Waals surface area contributed by atoms with E-state index < -0.39 is 10.8 Å². The van der Waals surface area contributed by atoms with Crippen molar-refractivity contribution in [2.75, 3.05) is 5.32 Å². The highest BCUT2D eigenvalue weighted by Crippen LogP contribution is 2.35. The fourth-order valence-electron chi connectivity index (χ4n) is 2.75. The molecule has 2 N–H and O–H groups in total. The summed E-state index contributed by atoms with van der Waals surface area (Å²) >= 11 is 1.31. The highest BCUT2D eigenvalue weighted by molar-refractivity contribution is 7.99. The Balaban J connectivity index is 1.71. The standard InChI is InChI=1S/C23H20N4O4S/c1-15-6-9-20(10-7-15)32-22-11-8-17(12-21(22)27(30)31)14-24-26-23(29)18-4-3-5-19(13-18)25-16(2)28/h3-14H,1-2H3,(H,25,28)(H,26,29). The van der Waals surface area contributed by atoms with Crippen LogP contribution >= 0.6 is 11.8 Å². The third-order valence-electron chi connectivity index (χ3n) is 4.25. The Morgan fingerprint density at radius 2 is 1.81 bits per heavy atom. The van der Waals surface area contributed by atoms with E-state index >= 15 is 0 Å². The maximum atomic E-state index is 12.3. The van der Waals surface area contributed by atoms with Crippen LogP contribution in [0.5, 0.6) is 0 Å². The molecule has 2 amide bonds. The Kier molecular flexibility index (Phi) is 7.35. The predicted molar refractivity (Wildman–Crippen MR) is 124 cm³/mol. The van der Waals surface area contributed by atoms with Gasteiger partial charge in [0.15, 0.2) is 0 Å². The number of amides is 2. The summed E-state index contributed by atoms with van der Waals surface area (Å²) in [6.07, 6.45) is 1.34. The van der Waals surface area contributed by atoms with Crippen LogP contribution < -0.4 is 10.7 Å². The molecule has 0 saturated heterocycles. The topological polar surface area (TPSA) is 114 Å². The number of carbonyl (C=O) groups is 2. The van der Waals surface area contributed by atoms with E-state index in [1.807, 2.05) is 31.2 Å². The average Bonchev–Trinajstić information content (AvgIpc) is 2.75. The number of nitrogens with one attached hydrogen (secondary N) is 2. The fraction of sp³-hybridized carbons (Fsp3) is 0.0870. The van der Waals surface area contributed by atoms with Gasteiger partial charge in [-0.1, -0.05) is 41.6 Å². The van der Waals surface area contributed by atoms with Crippen LogP contribution in [0.15, 0.2) is 81.6 Å². The van der Waals surface area contributed by atoms with Crippen LogP contribution in [0.3, 0.4) is 0 Å². The minimum atomic E-state index is -0.477. The van der Waals surface area contributed by atoms with E-state index in [1.54, 1.807) is 30.3 Å². The molecule has 0 saturated carbocycles. The lowest BCUT2D eigenvalue weighted by Crippen LogP contribution is -2.18. The Hall–Kier alpha value is -3.98. The molecular formula is C23H20N4O4S. The van der Waals surface area contributed by atoms with Gasteiger partial charge in [-0.3, -0.25) is 19.7 Å².